The van der Waals surface area contributed by atoms with Crippen molar-refractivity contribution in [1.82, 2.24) is 15.0 Å². The predicted octanol–water partition coefficient (Wildman–Crippen LogP) is 3.22. The van der Waals surface area contributed by atoms with Crippen molar-refractivity contribution in [3.8, 4) is 17.0 Å². The largest absolute Gasteiger partial charge is 0.497 e. The van der Waals surface area contributed by atoms with Crippen LogP contribution in [0.4, 0.5) is 11.6 Å². The smallest absolute Gasteiger partial charge is 0.229 e. The Labute approximate surface area is 183 Å². The molecule has 0 saturated heterocycles. The number of methoxy groups -OCH3 is 1. The van der Waals surface area contributed by atoms with E-state index >= 15 is 0 Å². The van der Waals surface area contributed by atoms with Crippen LogP contribution >= 0.6 is 0 Å². The molecule has 31 heavy (non-hydrogen) atoms. The van der Waals surface area contributed by atoms with Crippen molar-refractivity contribution in [3.05, 3.63) is 54.5 Å². The number of anilines is 2. The molecule has 0 amide bonds. The van der Waals surface area contributed by atoms with Crippen molar-refractivity contribution in [1.29, 1.82) is 0 Å². The number of aliphatic hydroxyl groups is 1. The topological polar surface area (TPSA) is 88.4 Å². The van der Waals surface area contributed by atoms with Crippen LogP contribution in [-0.4, -0.2) is 50.3 Å². The molecule has 3 heterocycles. The third kappa shape index (κ3) is 3.70. The zero-order chi connectivity index (χ0) is 21.4. The Morgan fingerprint density at radius 1 is 1.16 bits per heavy atom. The van der Waals surface area contributed by atoms with Gasteiger partial charge < -0.3 is 14.7 Å². The second-order valence-corrected chi connectivity index (χ2v) is 9.60. The highest BCUT2D eigenvalue weighted by Crippen LogP contribution is 2.57. The van der Waals surface area contributed by atoms with Gasteiger partial charge >= 0.3 is 0 Å². The quantitative estimate of drug-likeness (QED) is 0.608. The first kappa shape index (κ1) is 20.1. The highest BCUT2D eigenvalue weighted by molar-refractivity contribution is 7.85. The van der Waals surface area contributed by atoms with Crippen LogP contribution in [0.2, 0.25) is 0 Å². The molecule has 0 bridgehead atoms. The second kappa shape index (κ2) is 8.01. The summed E-state index contributed by atoms with van der Waals surface area (Å²) in [6.07, 6.45) is 8.09. The fourth-order valence-corrected chi connectivity index (χ4v) is 5.25. The second-order valence-electron chi connectivity index (χ2n) is 8.02. The first-order valence-electron chi connectivity index (χ1n) is 10.4. The molecule has 1 N–H and O–H groups in total. The van der Waals surface area contributed by atoms with E-state index in [1.54, 1.807) is 31.8 Å². The van der Waals surface area contributed by atoms with Gasteiger partial charge in [-0.3, -0.25) is 9.19 Å². The van der Waals surface area contributed by atoms with Crippen molar-refractivity contribution < 1.29 is 14.1 Å². The lowest BCUT2D eigenvalue weighted by Crippen LogP contribution is -2.21. The summed E-state index contributed by atoms with van der Waals surface area (Å²) in [6, 6.07) is 9.75. The molecular weight excluding hydrogens is 412 g/mol. The predicted molar refractivity (Wildman–Crippen MR) is 119 cm³/mol. The number of aromatic nitrogens is 3. The molecule has 160 valence electrons. The Bertz CT molecular complexity index is 1130. The van der Waals surface area contributed by atoms with Crippen LogP contribution < -0.4 is 9.64 Å². The highest BCUT2D eigenvalue weighted by atomic mass is 32.2. The van der Waals surface area contributed by atoms with Crippen LogP contribution in [0.3, 0.4) is 0 Å². The summed E-state index contributed by atoms with van der Waals surface area (Å²) in [4.78, 5) is 16.6. The third-order valence-electron chi connectivity index (χ3n) is 6.04. The summed E-state index contributed by atoms with van der Waals surface area (Å²) in [5.74, 6) is 1.83. The van der Waals surface area contributed by atoms with Gasteiger partial charge in [-0.15, -0.1) is 0 Å². The number of aliphatic hydroxyl groups excluding tert-OH is 1. The molecule has 7 nitrogen and oxygen atoms in total. The maximum Gasteiger partial charge on any atom is 0.229 e. The molecule has 0 radical (unpaired) electrons. The maximum absolute atomic E-state index is 12.6. The average Bonchev–Trinajstić information content (AvgIpc) is 3.54. The van der Waals surface area contributed by atoms with E-state index in [2.05, 4.69) is 25.9 Å². The maximum atomic E-state index is 12.6. The van der Waals surface area contributed by atoms with Gasteiger partial charge in [-0.25, -0.2) is 9.97 Å². The van der Waals surface area contributed by atoms with Crippen molar-refractivity contribution >= 4 is 22.4 Å². The lowest BCUT2D eigenvalue weighted by atomic mass is 9.99. The summed E-state index contributed by atoms with van der Waals surface area (Å²) in [5.41, 5.74) is 4.07. The molecule has 1 spiro atoms. The zero-order valence-electron chi connectivity index (χ0n) is 17.3. The molecular formula is C23H24N4O3S. The molecule has 1 saturated carbocycles. The van der Waals surface area contributed by atoms with Gasteiger partial charge in [0.1, 0.15) is 5.75 Å². The zero-order valence-corrected chi connectivity index (χ0v) is 18.1. The van der Waals surface area contributed by atoms with Gasteiger partial charge in [0.05, 0.1) is 23.6 Å². The van der Waals surface area contributed by atoms with Crippen LogP contribution in [0.5, 0.6) is 5.75 Å². The summed E-state index contributed by atoms with van der Waals surface area (Å²) in [7, 11) is 0.496. The average molecular weight is 437 g/mol. The summed E-state index contributed by atoms with van der Waals surface area (Å²) < 4.78 is 17.9. The lowest BCUT2D eigenvalue weighted by molar-refractivity contribution is 0.296. The lowest BCUT2D eigenvalue weighted by Gasteiger charge is -2.18. The number of hydrogen-bond acceptors (Lipinski definition) is 7. The van der Waals surface area contributed by atoms with E-state index in [1.807, 2.05) is 18.2 Å². The molecule has 5 rings (SSSR count). The summed E-state index contributed by atoms with van der Waals surface area (Å²) in [6.45, 7) is 0.889. The van der Waals surface area contributed by atoms with E-state index in [0.29, 0.717) is 18.1 Å². The molecule has 1 unspecified atom stereocenters. The molecule has 2 aliphatic rings. The molecule has 8 heteroatoms. The van der Waals surface area contributed by atoms with E-state index < -0.39 is 10.8 Å². The van der Waals surface area contributed by atoms with Gasteiger partial charge in [0.15, 0.2) is 0 Å². The molecule has 1 aliphatic heterocycles. The third-order valence-corrected chi connectivity index (χ3v) is 7.48. The van der Waals surface area contributed by atoms with Gasteiger partial charge in [-0.2, -0.15) is 0 Å². The molecule has 3 aromatic rings. The molecule has 1 atom stereocenters. The minimum Gasteiger partial charge on any atom is -0.497 e. The first-order chi connectivity index (χ1) is 15.1. The number of fused-ring (bicyclic) bond motifs is 2. The first-order valence-corrected chi connectivity index (χ1v) is 11.7. The van der Waals surface area contributed by atoms with Gasteiger partial charge in [-0.05, 0) is 43.0 Å². The molecule has 1 aromatic carbocycles. The van der Waals surface area contributed by atoms with E-state index in [1.165, 1.54) is 5.56 Å². The van der Waals surface area contributed by atoms with Gasteiger partial charge in [-0.1, -0.05) is 6.07 Å². The standard InChI is InChI=1S/C23H24N4O3S/c1-30-17-5-8-24-20(11-17)16-13-25-22(26-14-16)27-15-23(6-7-23)19-4-3-18(12-21(19)27)31(29)10-2-9-28/h3-5,8,11-14,28H,2,6-7,9-10,15H2,1H3. The monoisotopic (exact) mass is 436 g/mol. The Balaban J connectivity index is 1.45. The minimum absolute atomic E-state index is 0.0499. The van der Waals surface area contributed by atoms with Crippen molar-refractivity contribution in [3.63, 3.8) is 0 Å². The number of ether oxygens (including phenoxy) is 1. The SMILES string of the molecule is COc1ccnc(-c2cnc(N3CC4(CC4)c4ccc(S(=O)CCCO)cc43)nc2)c1. The number of nitrogens with zero attached hydrogens (tertiary/aromatic N) is 4. The minimum atomic E-state index is -1.13. The van der Waals surface area contributed by atoms with Crippen molar-refractivity contribution in [2.45, 2.75) is 29.6 Å². The van der Waals surface area contributed by atoms with Crippen LogP contribution in [0.25, 0.3) is 11.3 Å². The van der Waals surface area contributed by atoms with Gasteiger partial charge in [0, 0.05) is 65.1 Å². The Hall–Kier alpha value is -2.84. The van der Waals surface area contributed by atoms with Crippen molar-refractivity contribution in [2.75, 3.05) is 30.9 Å². The van der Waals surface area contributed by atoms with E-state index in [4.69, 9.17) is 9.84 Å². The van der Waals surface area contributed by atoms with Gasteiger partial charge in [0.25, 0.3) is 0 Å². The molecule has 2 aromatic heterocycles. The fraction of sp³-hybridized carbons (Fsp3) is 0.348. The number of rotatable bonds is 7. The van der Waals surface area contributed by atoms with E-state index in [-0.39, 0.29) is 12.0 Å². The van der Waals surface area contributed by atoms with E-state index in [9.17, 15) is 4.21 Å². The van der Waals surface area contributed by atoms with Crippen LogP contribution in [0.1, 0.15) is 24.8 Å². The molecule has 1 aliphatic carbocycles. The number of benzene rings is 1. The Morgan fingerprint density at radius 2 is 1.97 bits per heavy atom. The summed E-state index contributed by atoms with van der Waals surface area (Å²) in [5, 5.41) is 9.05. The number of hydrogen-bond donors (Lipinski definition) is 1. The summed E-state index contributed by atoms with van der Waals surface area (Å²) >= 11 is 0. The number of pyridine rings is 1. The van der Waals surface area contributed by atoms with E-state index in [0.717, 1.165) is 47.0 Å². The van der Waals surface area contributed by atoms with Crippen molar-refractivity contribution in [2.24, 2.45) is 0 Å². The normalized spacial score (nSPS) is 16.9. The fourth-order valence-electron chi connectivity index (χ4n) is 4.16. The van der Waals surface area contributed by atoms with Crippen LogP contribution in [0.15, 0.2) is 53.8 Å². The highest BCUT2D eigenvalue weighted by Gasteiger charge is 2.52. The van der Waals surface area contributed by atoms with Crippen LogP contribution in [-0.2, 0) is 16.2 Å². The molecule has 1 fully saturated rings. The van der Waals surface area contributed by atoms with Crippen LogP contribution in [0, 0.1) is 0 Å². The van der Waals surface area contributed by atoms with Gasteiger partial charge in [0.2, 0.25) is 5.95 Å². The Kier molecular flexibility index (Phi) is 5.19. The Morgan fingerprint density at radius 3 is 2.68 bits per heavy atom.